The highest BCUT2D eigenvalue weighted by molar-refractivity contribution is 14.1. The van der Waals surface area contributed by atoms with Crippen molar-refractivity contribution in [3.63, 3.8) is 0 Å². The topological polar surface area (TPSA) is 52.6 Å². The Kier molecular flexibility index (Phi) is 4.09. The lowest BCUT2D eigenvalue weighted by molar-refractivity contribution is 0.0599. The largest absolute Gasteiger partial charge is 0.465 e. The van der Waals surface area contributed by atoms with Crippen LogP contribution in [0.5, 0.6) is 0 Å². The van der Waals surface area contributed by atoms with Crippen LogP contribution in [0.4, 0.5) is 0 Å². The van der Waals surface area contributed by atoms with E-state index in [0.29, 0.717) is 16.0 Å². The predicted molar refractivity (Wildman–Crippen MR) is 64.5 cm³/mol. The number of halogens is 1. The Hall–Kier alpha value is -0.630. The van der Waals surface area contributed by atoms with Crippen LogP contribution in [0.15, 0.2) is 0 Å². The molecule has 0 unspecified atom stereocenters. The minimum absolute atomic E-state index is 0.425. The van der Waals surface area contributed by atoms with E-state index < -0.39 is 11.9 Å². The van der Waals surface area contributed by atoms with E-state index in [-0.39, 0.29) is 0 Å². The summed E-state index contributed by atoms with van der Waals surface area (Å²) in [5, 5.41) is 0. The number of carbonyl (C=O) groups is 2. The van der Waals surface area contributed by atoms with E-state index in [2.05, 4.69) is 9.47 Å². The number of rotatable bonds is 2. The zero-order valence-electron chi connectivity index (χ0n) is 8.42. The average molecular weight is 340 g/mol. The van der Waals surface area contributed by atoms with Crippen LogP contribution in [0, 0.1) is 9.81 Å². The summed E-state index contributed by atoms with van der Waals surface area (Å²) in [6.45, 7) is 1.71. The van der Waals surface area contributed by atoms with Gasteiger partial charge in [-0.05, 0) is 35.1 Å². The van der Waals surface area contributed by atoms with Crippen LogP contribution in [-0.2, 0) is 9.47 Å². The van der Waals surface area contributed by atoms with Crippen LogP contribution in [-0.4, -0.2) is 26.2 Å². The van der Waals surface area contributed by atoms with Gasteiger partial charge in [0.05, 0.1) is 22.7 Å². The van der Waals surface area contributed by atoms with Crippen molar-refractivity contribution in [1.82, 2.24) is 0 Å². The Bertz CT molecular complexity index is 410. The summed E-state index contributed by atoms with van der Waals surface area (Å²) in [5.41, 5.74) is 1.06. The number of thiophene rings is 1. The van der Waals surface area contributed by atoms with Crippen molar-refractivity contribution in [2.24, 2.45) is 0 Å². The molecule has 0 aliphatic heterocycles. The lowest BCUT2D eigenvalue weighted by Gasteiger charge is -1.99. The Labute approximate surface area is 105 Å². The van der Waals surface area contributed by atoms with Crippen LogP contribution in [0.25, 0.3) is 0 Å². The van der Waals surface area contributed by atoms with E-state index >= 15 is 0 Å². The smallest absolute Gasteiger partial charge is 0.348 e. The molecule has 0 N–H and O–H groups in total. The van der Waals surface area contributed by atoms with Gasteiger partial charge in [-0.15, -0.1) is 11.3 Å². The molecule has 0 radical (unpaired) electrons. The van der Waals surface area contributed by atoms with E-state index in [1.807, 2.05) is 22.6 Å². The Morgan fingerprint density at radius 1 is 1.20 bits per heavy atom. The molecule has 0 aliphatic rings. The average Bonchev–Trinajstić information content (AvgIpc) is 2.52. The molecule has 0 aliphatic carbocycles. The Morgan fingerprint density at radius 2 is 1.73 bits per heavy atom. The Morgan fingerprint density at radius 3 is 2.20 bits per heavy atom. The maximum atomic E-state index is 11.4. The van der Waals surface area contributed by atoms with Crippen LogP contribution in [0.2, 0.25) is 0 Å². The summed E-state index contributed by atoms with van der Waals surface area (Å²) in [5.74, 6) is -0.853. The summed E-state index contributed by atoms with van der Waals surface area (Å²) in [6, 6.07) is 0. The highest BCUT2D eigenvalue weighted by Crippen LogP contribution is 2.30. The molecule has 0 aromatic carbocycles. The van der Waals surface area contributed by atoms with Gasteiger partial charge in [0.25, 0.3) is 0 Å². The maximum Gasteiger partial charge on any atom is 0.348 e. The van der Waals surface area contributed by atoms with E-state index in [9.17, 15) is 9.59 Å². The zero-order chi connectivity index (χ0) is 11.6. The fourth-order valence-corrected chi connectivity index (χ4v) is 3.33. The molecular formula is C9H9IO4S. The van der Waals surface area contributed by atoms with Gasteiger partial charge < -0.3 is 9.47 Å². The van der Waals surface area contributed by atoms with E-state index in [1.54, 1.807) is 6.92 Å². The van der Waals surface area contributed by atoms with Gasteiger partial charge in [0.1, 0.15) is 4.88 Å². The van der Waals surface area contributed by atoms with Crippen molar-refractivity contribution in [2.75, 3.05) is 14.2 Å². The number of hydrogen-bond acceptors (Lipinski definition) is 5. The van der Waals surface area contributed by atoms with Crippen molar-refractivity contribution < 1.29 is 19.1 Å². The third kappa shape index (κ3) is 2.31. The number of ether oxygens (including phenoxy) is 2. The minimum Gasteiger partial charge on any atom is -0.465 e. The number of esters is 2. The fourth-order valence-electron chi connectivity index (χ4n) is 1.10. The Balaban J connectivity index is 3.26. The fraction of sp³-hybridized carbons (Fsp3) is 0.333. The first-order valence-corrected chi connectivity index (χ1v) is 5.88. The third-order valence-corrected chi connectivity index (χ3v) is 4.12. The molecule has 1 aromatic heterocycles. The van der Waals surface area contributed by atoms with Gasteiger partial charge in [-0.3, -0.25) is 0 Å². The first-order chi connectivity index (χ1) is 7.02. The number of methoxy groups -OCH3 is 2. The molecule has 0 bridgehead atoms. The van der Waals surface area contributed by atoms with Gasteiger partial charge >= 0.3 is 11.9 Å². The normalized spacial score (nSPS) is 9.87. The summed E-state index contributed by atoms with van der Waals surface area (Å²) in [7, 11) is 2.62. The highest BCUT2D eigenvalue weighted by Gasteiger charge is 2.24. The molecule has 4 nitrogen and oxygen atoms in total. The molecule has 82 valence electrons. The van der Waals surface area contributed by atoms with E-state index in [0.717, 1.165) is 2.88 Å². The molecule has 0 amide bonds. The number of carbonyl (C=O) groups excluding carboxylic acids is 2. The van der Waals surface area contributed by atoms with Gasteiger partial charge in [-0.25, -0.2) is 9.59 Å². The molecule has 0 atom stereocenters. The van der Waals surface area contributed by atoms with Crippen LogP contribution >= 0.6 is 33.9 Å². The van der Waals surface area contributed by atoms with Gasteiger partial charge in [0, 0.05) is 0 Å². The van der Waals surface area contributed by atoms with Crippen molar-refractivity contribution in [3.8, 4) is 0 Å². The van der Waals surface area contributed by atoms with Gasteiger partial charge in [-0.1, -0.05) is 0 Å². The van der Waals surface area contributed by atoms with Crippen molar-refractivity contribution in [2.45, 2.75) is 6.92 Å². The molecule has 15 heavy (non-hydrogen) atoms. The lowest BCUT2D eigenvalue weighted by Crippen LogP contribution is -2.05. The zero-order valence-corrected chi connectivity index (χ0v) is 11.4. The van der Waals surface area contributed by atoms with Crippen molar-refractivity contribution in [1.29, 1.82) is 0 Å². The van der Waals surface area contributed by atoms with Crippen molar-refractivity contribution >= 4 is 45.9 Å². The molecule has 0 saturated carbocycles. The first-order valence-electron chi connectivity index (χ1n) is 3.98. The lowest BCUT2D eigenvalue weighted by atomic mass is 10.2. The molecule has 1 heterocycles. The van der Waals surface area contributed by atoms with Crippen LogP contribution in [0.3, 0.4) is 0 Å². The van der Waals surface area contributed by atoms with Gasteiger partial charge in [0.2, 0.25) is 0 Å². The molecule has 1 aromatic rings. The van der Waals surface area contributed by atoms with E-state index in [4.69, 9.17) is 0 Å². The highest BCUT2D eigenvalue weighted by atomic mass is 127. The van der Waals surface area contributed by atoms with Crippen LogP contribution < -0.4 is 0 Å². The second kappa shape index (κ2) is 4.93. The monoisotopic (exact) mass is 340 g/mol. The summed E-state index contributed by atoms with van der Waals surface area (Å²) in [4.78, 5) is 23.2. The molecule has 0 saturated heterocycles. The van der Waals surface area contributed by atoms with Crippen LogP contribution in [0.1, 0.15) is 25.6 Å². The molecule has 0 fully saturated rings. The summed E-state index contributed by atoms with van der Waals surface area (Å²) < 4.78 is 9.98. The molecule has 6 heteroatoms. The number of hydrogen-bond donors (Lipinski definition) is 0. The van der Waals surface area contributed by atoms with Gasteiger partial charge in [-0.2, -0.15) is 0 Å². The molecular weight excluding hydrogens is 331 g/mol. The molecule has 1 rings (SSSR count). The second-order valence-corrected chi connectivity index (χ2v) is 5.52. The second-order valence-electron chi connectivity index (χ2n) is 2.69. The van der Waals surface area contributed by atoms with E-state index in [1.165, 1.54) is 25.6 Å². The third-order valence-electron chi connectivity index (χ3n) is 1.86. The summed E-state index contributed by atoms with van der Waals surface area (Å²) in [6.07, 6.45) is 0. The summed E-state index contributed by atoms with van der Waals surface area (Å²) >= 11 is 3.23. The van der Waals surface area contributed by atoms with Crippen molar-refractivity contribution in [3.05, 3.63) is 18.9 Å². The van der Waals surface area contributed by atoms with Gasteiger partial charge in [0.15, 0.2) is 0 Å². The SMILES string of the molecule is COC(=O)c1sc(I)c(C(=O)OC)c1C. The predicted octanol–water partition coefficient (Wildman–Crippen LogP) is 2.23. The standard InChI is InChI=1S/C9H9IO4S/c1-4-5(8(11)13-2)7(10)15-6(4)9(12)14-3/h1-3H3. The minimum atomic E-state index is -0.427. The first kappa shape index (κ1) is 12.4. The quantitative estimate of drug-likeness (QED) is 0.612. The molecule has 0 spiro atoms. The maximum absolute atomic E-state index is 11.4.